The van der Waals surface area contributed by atoms with Crippen molar-refractivity contribution in [3.8, 4) is 5.75 Å². The van der Waals surface area contributed by atoms with E-state index in [0.717, 1.165) is 21.9 Å². The normalized spacial score (nSPS) is 12.1. The van der Waals surface area contributed by atoms with Gasteiger partial charge in [-0.2, -0.15) is 0 Å². The van der Waals surface area contributed by atoms with Crippen LogP contribution in [-0.2, 0) is 32.1 Å². The average molecular weight is 491 g/mol. The standard InChI is InChI=1S/C29H34N2O5/c1-29(2,3)36-28(34)25(32)18-30-24(17-20-14-15-21-10-6-7-11-22(21)16-20)27(33)31(4)19-23-12-8-9-13-26(23)35-5/h6-16,24,30H,17-19H2,1-5H3/t24-/m0/s1. The highest BCUT2D eigenvalue weighted by atomic mass is 16.6. The van der Waals surface area contributed by atoms with Gasteiger partial charge in [-0.1, -0.05) is 60.7 Å². The molecule has 3 aromatic rings. The number of nitrogens with zero attached hydrogens (tertiary/aromatic N) is 1. The van der Waals surface area contributed by atoms with Gasteiger partial charge in [0.15, 0.2) is 0 Å². The number of carbonyl (C=O) groups is 3. The number of amides is 1. The van der Waals surface area contributed by atoms with Crippen LogP contribution in [0.15, 0.2) is 66.7 Å². The molecule has 1 N–H and O–H groups in total. The third-order valence-corrected chi connectivity index (χ3v) is 5.66. The Balaban J connectivity index is 1.79. The Morgan fingerprint density at radius 1 is 0.944 bits per heavy atom. The number of methoxy groups -OCH3 is 1. The smallest absolute Gasteiger partial charge is 0.376 e. The zero-order chi connectivity index (χ0) is 26.3. The summed E-state index contributed by atoms with van der Waals surface area (Å²) in [4.78, 5) is 39.7. The molecule has 0 spiro atoms. The molecule has 190 valence electrons. The lowest BCUT2D eigenvalue weighted by Crippen LogP contribution is -2.48. The monoisotopic (exact) mass is 490 g/mol. The van der Waals surface area contributed by atoms with Gasteiger partial charge in [-0.3, -0.25) is 14.9 Å². The van der Waals surface area contributed by atoms with Crippen LogP contribution in [0.3, 0.4) is 0 Å². The molecule has 0 bridgehead atoms. The Labute approximate surface area is 212 Å². The third kappa shape index (κ3) is 7.39. The van der Waals surface area contributed by atoms with Crippen LogP contribution in [0.25, 0.3) is 10.8 Å². The summed E-state index contributed by atoms with van der Waals surface area (Å²) < 4.78 is 10.6. The first-order chi connectivity index (χ1) is 17.1. The summed E-state index contributed by atoms with van der Waals surface area (Å²) in [5, 5.41) is 5.17. The number of para-hydroxylation sites is 1. The van der Waals surface area contributed by atoms with Gasteiger partial charge in [0.1, 0.15) is 11.4 Å². The highest BCUT2D eigenvalue weighted by Gasteiger charge is 2.27. The van der Waals surface area contributed by atoms with Crippen molar-refractivity contribution in [2.24, 2.45) is 0 Å². The second kappa shape index (κ2) is 11.8. The minimum Gasteiger partial charge on any atom is -0.496 e. The van der Waals surface area contributed by atoms with E-state index in [0.29, 0.717) is 18.7 Å². The van der Waals surface area contributed by atoms with E-state index in [1.807, 2.05) is 66.7 Å². The SMILES string of the molecule is COc1ccccc1CN(C)C(=O)[C@H](Cc1ccc2ccccc2c1)NCC(=O)C(=O)OC(C)(C)C. The predicted octanol–water partition coefficient (Wildman–Crippen LogP) is 3.92. The summed E-state index contributed by atoms with van der Waals surface area (Å²) in [6.45, 7) is 5.12. The molecular formula is C29H34N2O5. The Hall–Kier alpha value is -3.71. The van der Waals surface area contributed by atoms with Gasteiger partial charge in [0, 0.05) is 19.2 Å². The number of hydrogen-bond acceptors (Lipinski definition) is 6. The number of rotatable bonds is 10. The topological polar surface area (TPSA) is 84.9 Å². The molecule has 0 aliphatic rings. The summed E-state index contributed by atoms with van der Waals surface area (Å²) in [6, 6.07) is 20.8. The van der Waals surface area contributed by atoms with Crippen LogP contribution in [0.1, 0.15) is 31.9 Å². The Bertz CT molecular complexity index is 1230. The number of nitrogens with one attached hydrogen (secondary N) is 1. The van der Waals surface area contributed by atoms with Crippen molar-refractivity contribution in [2.45, 2.75) is 45.4 Å². The molecule has 1 amide bonds. The predicted molar refractivity (Wildman–Crippen MR) is 140 cm³/mol. The number of benzene rings is 3. The maximum Gasteiger partial charge on any atom is 0.376 e. The van der Waals surface area contributed by atoms with Crippen LogP contribution >= 0.6 is 0 Å². The fourth-order valence-corrected chi connectivity index (χ4v) is 3.90. The van der Waals surface area contributed by atoms with E-state index in [4.69, 9.17) is 9.47 Å². The number of carbonyl (C=O) groups excluding carboxylic acids is 3. The minimum atomic E-state index is -0.922. The van der Waals surface area contributed by atoms with Gasteiger partial charge < -0.3 is 14.4 Å². The molecule has 3 rings (SSSR count). The van der Waals surface area contributed by atoms with Gasteiger partial charge in [0.2, 0.25) is 5.91 Å². The molecule has 3 aromatic carbocycles. The van der Waals surface area contributed by atoms with Crippen molar-refractivity contribution in [1.29, 1.82) is 0 Å². The van der Waals surface area contributed by atoms with Crippen molar-refractivity contribution in [3.05, 3.63) is 77.9 Å². The van der Waals surface area contributed by atoms with Gasteiger partial charge in [-0.05, 0) is 49.6 Å². The molecule has 0 unspecified atom stereocenters. The molecule has 0 aliphatic heterocycles. The number of fused-ring (bicyclic) bond motifs is 1. The zero-order valence-corrected chi connectivity index (χ0v) is 21.5. The molecule has 0 saturated carbocycles. The summed E-state index contributed by atoms with van der Waals surface area (Å²) in [5.74, 6) is -1.16. The molecule has 36 heavy (non-hydrogen) atoms. The molecule has 1 atom stereocenters. The number of esters is 1. The first kappa shape index (κ1) is 26.9. The summed E-state index contributed by atoms with van der Waals surface area (Å²) in [7, 11) is 3.30. The zero-order valence-electron chi connectivity index (χ0n) is 21.5. The van der Waals surface area contributed by atoms with E-state index in [2.05, 4.69) is 5.32 Å². The quantitative estimate of drug-likeness (QED) is 0.343. The van der Waals surface area contributed by atoms with Crippen LogP contribution in [0.5, 0.6) is 5.75 Å². The first-order valence-electron chi connectivity index (χ1n) is 11.9. The fraction of sp³-hybridized carbons (Fsp3) is 0.345. The minimum absolute atomic E-state index is 0.203. The molecular weight excluding hydrogens is 456 g/mol. The average Bonchev–Trinajstić information content (AvgIpc) is 2.85. The lowest BCUT2D eigenvalue weighted by molar-refractivity contribution is -0.162. The molecule has 0 aliphatic carbocycles. The van der Waals surface area contributed by atoms with Gasteiger partial charge in [-0.25, -0.2) is 4.79 Å². The third-order valence-electron chi connectivity index (χ3n) is 5.66. The second-order valence-corrected chi connectivity index (χ2v) is 9.75. The first-order valence-corrected chi connectivity index (χ1v) is 11.9. The number of likely N-dealkylation sites (N-methyl/N-ethyl adjacent to an activating group) is 1. The Morgan fingerprint density at radius 2 is 1.61 bits per heavy atom. The molecule has 0 saturated heterocycles. The summed E-state index contributed by atoms with van der Waals surface area (Å²) in [5.41, 5.74) is 1.03. The van der Waals surface area contributed by atoms with Crippen molar-refractivity contribution < 1.29 is 23.9 Å². The van der Waals surface area contributed by atoms with E-state index in [-0.39, 0.29) is 12.5 Å². The molecule has 0 fully saturated rings. The number of ketones is 1. The van der Waals surface area contributed by atoms with Gasteiger partial charge in [-0.15, -0.1) is 0 Å². The molecule has 7 heteroatoms. The maximum absolute atomic E-state index is 13.5. The molecule has 0 radical (unpaired) electrons. The van der Waals surface area contributed by atoms with Crippen molar-refractivity contribution in [3.63, 3.8) is 0 Å². The summed E-state index contributed by atoms with van der Waals surface area (Å²) in [6.07, 6.45) is 0.349. The number of hydrogen-bond donors (Lipinski definition) is 1. The fourth-order valence-electron chi connectivity index (χ4n) is 3.90. The van der Waals surface area contributed by atoms with E-state index >= 15 is 0 Å². The van der Waals surface area contributed by atoms with Crippen molar-refractivity contribution in [2.75, 3.05) is 20.7 Å². The maximum atomic E-state index is 13.5. The van der Waals surface area contributed by atoms with E-state index in [9.17, 15) is 14.4 Å². The van der Waals surface area contributed by atoms with Crippen LogP contribution < -0.4 is 10.1 Å². The van der Waals surface area contributed by atoms with Crippen LogP contribution in [0.2, 0.25) is 0 Å². The van der Waals surface area contributed by atoms with Gasteiger partial charge in [0.25, 0.3) is 5.78 Å². The number of ether oxygens (including phenoxy) is 2. The lowest BCUT2D eigenvalue weighted by atomic mass is 10.0. The number of Topliss-reactive ketones (excluding diaryl/α,β-unsaturated/α-hetero) is 1. The second-order valence-electron chi connectivity index (χ2n) is 9.75. The highest BCUT2D eigenvalue weighted by molar-refractivity contribution is 6.34. The molecule has 7 nitrogen and oxygen atoms in total. The Morgan fingerprint density at radius 3 is 2.31 bits per heavy atom. The van der Waals surface area contributed by atoms with Gasteiger partial charge in [0.05, 0.1) is 19.7 Å². The largest absolute Gasteiger partial charge is 0.496 e. The van der Waals surface area contributed by atoms with E-state index in [1.54, 1.807) is 39.8 Å². The van der Waals surface area contributed by atoms with Crippen LogP contribution in [0.4, 0.5) is 0 Å². The Kier molecular flexibility index (Phi) is 8.83. The van der Waals surface area contributed by atoms with Gasteiger partial charge >= 0.3 is 5.97 Å². The van der Waals surface area contributed by atoms with Crippen LogP contribution in [0, 0.1) is 0 Å². The van der Waals surface area contributed by atoms with E-state index in [1.165, 1.54) is 0 Å². The van der Waals surface area contributed by atoms with E-state index < -0.39 is 23.4 Å². The lowest BCUT2D eigenvalue weighted by Gasteiger charge is -2.26. The molecule has 0 aromatic heterocycles. The van der Waals surface area contributed by atoms with Crippen molar-refractivity contribution in [1.82, 2.24) is 10.2 Å². The molecule has 0 heterocycles. The summed E-state index contributed by atoms with van der Waals surface area (Å²) >= 11 is 0. The van der Waals surface area contributed by atoms with Crippen molar-refractivity contribution >= 4 is 28.4 Å². The van der Waals surface area contributed by atoms with Crippen LogP contribution in [-0.4, -0.2) is 54.9 Å². The highest BCUT2D eigenvalue weighted by Crippen LogP contribution is 2.20.